The van der Waals surface area contributed by atoms with Gasteiger partial charge in [-0.2, -0.15) is 0 Å². The van der Waals surface area contributed by atoms with Crippen LogP contribution in [0.4, 0.5) is 5.69 Å². The van der Waals surface area contributed by atoms with Crippen molar-refractivity contribution in [1.82, 2.24) is 4.90 Å². The van der Waals surface area contributed by atoms with E-state index in [0.29, 0.717) is 37.6 Å². The third kappa shape index (κ3) is 4.06. The number of benzene rings is 1. The number of carbonyl (C=O) groups excluding carboxylic acids is 2. The molecule has 1 aromatic rings. The smallest absolute Gasteiger partial charge is 0.254 e. The van der Waals surface area contributed by atoms with E-state index < -0.39 is 5.54 Å². The predicted molar refractivity (Wildman–Crippen MR) is 94.4 cm³/mol. The van der Waals surface area contributed by atoms with E-state index in [1.807, 2.05) is 0 Å². The maximum atomic E-state index is 12.4. The lowest BCUT2D eigenvalue weighted by Gasteiger charge is -2.27. The third-order valence-corrected chi connectivity index (χ3v) is 4.64. The molecule has 6 nitrogen and oxygen atoms in total. The molecule has 3 N–H and O–H groups in total. The molecule has 2 aliphatic rings. The zero-order valence-electron chi connectivity index (χ0n) is 13.6. The van der Waals surface area contributed by atoms with Crippen molar-refractivity contribution in [3.63, 3.8) is 0 Å². The molecule has 1 heterocycles. The molecule has 1 aliphatic carbocycles. The van der Waals surface area contributed by atoms with E-state index in [1.54, 1.807) is 29.2 Å². The predicted octanol–water partition coefficient (Wildman–Crippen LogP) is 1.79. The van der Waals surface area contributed by atoms with Crippen molar-refractivity contribution < 1.29 is 14.3 Å². The summed E-state index contributed by atoms with van der Waals surface area (Å²) < 4.78 is 5.25. The fourth-order valence-corrected chi connectivity index (χ4v) is 3.13. The quantitative estimate of drug-likeness (QED) is 0.867. The van der Waals surface area contributed by atoms with Gasteiger partial charge >= 0.3 is 0 Å². The van der Waals surface area contributed by atoms with Crippen LogP contribution in [0, 0.1) is 0 Å². The maximum Gasteiger partial charge on any atom is 0.254 e. The fourth-order valence-electron chi connectivity index (χ4n) is 3.13. The number of rotatable bonds is 3. The molecular formula is C17H24ClN3O3. The third-order valence-electron chi connectivity index (χ3n) is 4.64. The van der Waals surface area contributed by atoms with E-state index in [-0.39, 0.29) is 24.2 Å². The molecule has 3 rings (SSSR count). The summed E-state index contributed by atoms with van der Waals surface area (Å²) in [6, 6.07) is 6.99. The topological polar surface area (TPSA) is 84.7 Å². The zero-order chi connectivity index (χ0) is 16.3. The van der Waals surface area contributed by atoms with Crippen LogP contribution in [0.3, 0.4) is 0 Å². The van der Waals surface area contributed by atoms with Gasteiger partial charge in [-0.1, -0.05) is 12.8 Å². The van der Waals surface area contributed by atoms with Crippen LogP contribution in [0.1, 0.15) is 36.0 Å². The molecule has 0 aromatic heterocycles. The first kappa shape index (κ1) is 18.7. The number of hydrogen-bond acceptors (Lipinski definition) is 4. The van der Waals surface area contributed by atoms with Crippen LogP contribution >= 0.6 is 12.4 Å². The number of hydrogen-bond donors (Lipinski definition) is 2. The van der Waals surface area contributed by atoms with E-state index in [4.69, 9.17) is 10.5 Å². The molecule has 2 fully saturated rings. The lowest BCUT2D eigenvalue weighted by atomic mass is 9.98. The number of ether oxygens (including phenoxy) is 1. The molecule has 1 aromatic carbocycles. The minimum atomic E-state index is -0.748. The molecule has 24 heavy (non-hydrogen) atoms. The number of nitrogens with zero attached hydrogens (tertiary/aromatic N) is 1. The number of morpholine rings is 1. The van der Waals surface area contributed by atoms with E-state index in [2.05, 4.69) is 5.32 Å². The highest BCUT2D eigenvalue weighted by Crippen LogP contribution is 2.28. The second kappa shape index (κ2) is 7.96. The molecule has 0 radical (unpaired) electrons. The first-order valence-electron chi connectivity index (χ1n) is 8.16. The van der Waals surface area contributed by atoms with E-state index in [1.165, 1.54) is 0 Å². The van der Waals surface area contributed by atoms with Gasteiger partial charge in [0.25, 0.3) is 5.91 Å². The lowest BCUT2D eigenvalue weighted by Crippen LogP contribution is -2.48. The molecule has 1 saturated carbocycles. The standard InChI is InChI=1S/C17H23N3O3.ClH/c18-17(7-1-2-8-17)16(22)19-14-5-3-13(4-6-14)15(21)20-9-11-23-12-10-20;/h3-6H,1-2,7-12,18H2,(H,19,22);1H. The Hall–Kier alpha value is -1.63. The number of carbonyl (C=O) groups is 2. The number of anilines is 1. The highest BCUT2D eigenvalue weighted by atomic mass is 35.5. The van der Waals surface area contributed by atoms with Gasteiger partial charge in [0.05, 0.1) is 18.8 Å². The summed E-state index contributed by atoms with van der Waals surface area (Å²) in [6.07, 6.45) is 3.45. The Labute approximate surface area is 148 Å². The van der Waals surface area contributed by atoms with Crippen LogP contribution in [-0.2, 0) is 9.53 Å². The van der Waals surface area contributed by atoms with Gasteiger partial charge < -0.3 is 20.7 Å². The Morgan fingerprint density at radius 1 is 1.08 bits per heavy atom. The largest absolute Gasteiger partial charge is 0.378 e. The van der Waals surface area contributed by atoms with Gasteiger partial charge in [0, 0.05) is 24.3 Å². The molecule has 0 atom stereocenters. The van der Waals surface area contributed by atoms with Crippen LogP contribution in [0.15, 0.2) is 24.3 Å². The van der Waals surface area contributed by atoms with Crippen molar-refractivity contribution in [1.29, 1.82) is 0 Å². The second-order valence-electron chi connectivity index (χ2n) is 6.30. The number of nitrogens with two attached hydrogens (primary N) is 1. The van der Waals surface area contributed by atoms with Crippen LogP contribution in [-0.4, -0.2) is 48.6 Å². The molecule has 0 spiro atoms. The lowest BCUT2D eigenvalue weighted by molar-refractivity contribution is -0.121. The van der Waals surface area contributed by atoms with Crippen LogP contribution < -0.4 is 11.1 Å². The number of halogens is 1. The van der Waals surface area contributed by atoms with Gasteiger partial charge in [0.15, 0.2) is 0 Å². The Balaban J connectivity index is 0.00000208. The monoisotopic (exact) mass is 353 g/mol. The first-order chi connectivity index (χ1) is 11.1. The van der Waals surface area contributed by atoms with Crippen molar-refractivity contribution in [2.24, 2.45) is 5.73 Å². The minimum absolute atomic E-state index is 0. The van der Waals surface area contributed by atoms with Crippen LogP contribution in [0.5, 0.6) is 0 Å². The molecule has 7 heteroatoms. The maximum absolute atomic E-state index is 12.4. The van der Waals surface area contributed by atoms with Crippen LogP contribution in [0.2, 0.25) is 0 Å². The Kier molecular flexibility index (Phi) is 6.21. The zero-order valence-corrected chi connectivity index (χ0v) is 14.4. The first-order valence-corrected chi connectivity index (χ1v) is 8.16. The van der Waals surface area contributed by atoms with E-state index in [0.717, 1.165) is 25.7 Å². The molecule has 1 saturated heterocycles. The molecule has 2 amide bonds. The van der Waals surface area contributed by atoms with Gasteiger partial charge in [-0.3, -0.25) is 9.59 Å². The van der Waals surface area contributed by atoms with Crippen molar-refractivity contribution in [3.05, 3.63) is 29.8 Å². The Bertz CT molecular complexity index is 579. The normalized spacial score (nSPS) is 19.5. The average Bonchev–Trinajstić information content (AvgIpc) is 3.04. The number of amides is 2. The summed E-state index contributed by atoms with van der Waals surface area (Å²) in [6.45, 7) is 2.40. The molecule has 0 bridgehead atoms. The average molecular weight is 354 g/mol. The summed E-state index contributed by atoms with van der Waals surface area (Å²) in [5.74, 6) is -0.139. The van der Waals surface area contributed by atoms with E-state index in [9.17, 15) is 9.59 Å². The summed E-state index contributed by atoms with van der Waals surface area (Å²) >= 11 is 0. The number of nitrogens with one attached hydrogen (secondary N) is 1. The van der Waals surface area contributed by atoms with E-state index >= 15 is 0 Å². The van der Waals surface area contributed by atoms with Gasteiger partial charge in [-0.15, -0.1) is 12.4 Å². The fraction of sp³-hybridized carbons (Fsp3) is 0.529. The Morgan fingerprint density at radius 3 is 2.25 bits per heavy atom. The van der Waals surface area contributed by atoms with Gasteiger partial charge in [-0.25, -0.2) is 0 Å². The summed E-state index contributed by atoms with van der Waals surface area (Å²) in [5, 5.41) is 2.86. The molecule has 0 unspecified atom stereocenters. The van der Waals surface area contributed by atoms with Gasteiger partial charge in [-0.05, 0) is 37.1 Å². The highest BCUT2D eigenvalue weighted by molar-refractivity contribution is 5.99. The van der Waals surface area contributed by atoms with Crippen molar-refractivity contribution in [2.45, 2.75) is 31.2 Å². The second-order valence-corrected chi connectivity index (χ2v) is 6.30. The Morgan fingerprint density at radius 2 is 1.67 bits per heavy atom. The summed E-state index contributed by atoms with van der Waals surface area (Å²) in [5.41, 5.74) is 6.68. The van der Waals surface area contributed by atoms with Gasteiger partial charge in [0.1, 0.15) is 0 Å². The summed E-state index contributed by atoms with van der Waals surface area (Å²) in [7, 11) is 0. The van der Waals surface area contributed by atoms with Crippen LogP contribution in [0.25, 0.3) is 0 Å². The highest BCUT2D eigenvalue weighted by Gasteiger charge is 2.36. The summed E-state index contributed by atoms with van der Waals surface area (Å²) in [4.78, 5) is 26.4. The van der Waals surface area contributed by atoms with Crippen molar-refractivity contribution in [3.8, 4) is 0 Å². The molecule has 1 aliphatic heterocycles. The van der Waals surface area contributed by atoms with Crippen molar-refractivity contribution in [2.75, 3.05) is 31.6 Å². The van der Waals surface area contributed by atoms with Crippen molar-refractivity contribution >= 4 is 29.9 Å². The SMILES string of the molecule is Cl.NC1(C(=O)Nc2ccc(C(=O)N3CCOCC3)cc2)CCCC1. The minimum Gasteiger partial charge on any atom is -0.378 e. The van der Waals surface area contributed by atoms with Gasteiger partial charge in [0.2, 0.25) is 5.91 Å². The molecule has 132 valence electrons. The molecular weight excluding hydrogens is 330 g/mol.